The molecule has 0 fully saturated rings. The van der Waals surface area contributed by atoms with Crippen molar-refractivity contribution < 1.29 is 19.8 Å². The van der Waals surface area contributed by atoms with Crippen molar-refractivity contribution >= 4 is 61.7 Å². The largest absolute Gasteiger partial charge is 0.506 e. The third kappa shape index (κ3) is 7.21. The van der Waals surface area contributed by atoms with Gasteiger partial charge < -0.3 is 20.4 Å². The molecule has 4 N–H and O–H groups in total. The van der Waals surface area contributed by atoms with Crippen molar-refractivity contribution in [3.8, 4) is 11.5 Å². The summed E-state index contributed by atoms with van der Waals surface area (Å²) in [6.45, 7) is 5.89. The molecule has 3 aromatic carbocycles. The normalized spacial score (nSPS) is 11.4. The quantitative estimate of drug-likeness (QED) is 0.144. The van der Waals surface area contributed by atoms with E-state index in [2.05, 4.69) is 66.5 Å². The van der Waals surface area contributed by atoms with E-state index in [4.69, 9.17) is 0 Å². The highest BCUT2D eigenvalue weighted by molar-refractivity contribution is 9.11. The van der Waals surface area contributed by atoms with Crippen molar-refractivity contribution in [3.05, 3.63) is 92.0 Å². The van der Waals surface area contributed by atoms with E-state index >= 15 is 0 Å². The van der Waals surface area contributed by atoms with Crippen LogP contribution in [0.5, 0.6) is 11.5 Å². The highest BCUT2D eigenvalue weighted by Gasteiger charge is 2.16. The van der Waals surface area contributed by atoms with Gasteiger partial charge in [0, 0.05) is 29.9 Å². The van der Waals surface area contributed by atoms with Crippen LogP contribution in [0.25, 0.3) is 6.08 Å². The fraction of sp³-hybridized carbons (Fsp3) is 0.148. The Balaban J connectivity index is 1.86. The van der Waals surface area contributed by atoms with Gasteiger partial charge >= 0.3 is 0 Å². The summed E-state index contributed by atoms with van der Waals surface area (Å²) in [5.74, 6) is -1.53. The number of aromatic hydroxyl groups is 2. The van der Waals surface area contributed by atoms with Crippen LogP contribution in [-0.2, 0) is 4.79 Å². The minimum absolute atomic E-state index is 0.0149. The number of hydrazone groups is 1. The van der Waals surface area contributed by atoms with Gasteiger partial charge in [-0.1, -0.05) is 30.3 Å². The average Bonchev–Trinajstić information content (AvgIpc) is 2.91. The standard InChI is InChI=1S/C27H26Br2N4O4/c1-3-33(4-2)20-12-10-17(11-13-20)14-22(31-26(36)18-8-6-5-7-9-18)27(37)32-30-16-19-15-21(28)25(35)23(29)24(19)34/h5-16,34-35H,3-4H2,1-2H3,(H,31,36)(H,32,37)/b22-14?,30-16+. The van der Waals surface area contributed by atoms with E-state index in [0.29, 0.717) is 15.6 Å². The second-order valence-electron chi connectivity index (χ2n) is 7.80. The second-order valence-corrected chi connectivity index (χ2v) is 9.45. The monoisotopic (exact) mass is 628 g/mol. The zero-order valence-corrected chi connectivity index (χ0v) is 23.4. The maximum Gasteiger partial charge on any atom is 0.287 e. The van der Waals surface area contributed by atoms with E-state index in [-0.39, 0.29) is 27.2 Å². The Morgan fingerprint density at radius 2 is 1.62 bits per heavy atom. The van der Waals surface area contributed by atoms with Gasteiger partial charge in [-0.3, -0.25) is 9.59 Å². The molecule has 3 rings (SSSR count). The van der Waals surface area contributed by atoms with Crippen molar-refractivity contribution in [2.75, 3.05) is 18.0 Å². The Morgan fingerprint density at radius 1 is 0.973 bits per heavy atom. The fourth-order valence-corrected chi connectivity index (χ4v) is 4.57. The van der Waals surface area contributed by atoms with Crippen LogP contribution in [0.2, 0.25) is 0 Å². The van der Waals surface area contributed by atoms with Gasteiger partial charge in [0.15, 0.2) is 0 Å². The number of halogens is 2. The number of phenols is 2. The van der Waals surface area contributed by atoms with Gasteiger partial charge in [0.2, 0.25) is 0 Å². The smallest absolute Gasteiger partial charge is 0.287 e. The molecule has 3 aromatic rings. The fourth-order valence-electron chi connectivity index (χ4n) is 3.42. The minimum Gasteiger partial charge on any atom is -0.506 e. The first-order valence-electron chi connectivity index (χ1n) is 11.4. The van der Waals surface area contributed by atoms with E-state index in [0.717, 1.165) is 18.8 Å². The molecule has 192 valence electrons. The lowest BCUT2D eigenvalue weighted by Crippen LogP contribution is -2.32. The molecule has 37 heavy (non-hydrogen) atoms. The SMILES string of the molecule is CCN(CC)c1ccc(C=C(NC(=O)c2ccccc2)C(=O)N/N=C/c2cc(Br)c(O)c(Br)c2O)cc1. The third-order valence-electron chi connectivity index (χ3n) is 5.43. The molecular weight excluding hydrogens is 604 g/mol. The summed E-state index contributed by atoms with van der Waals surface area (Å²) in [5, 5.41) is 26.6. The van der Waals surface area contributed by atoms with Gasteiger partial charge in [-0.15, -0.1) is 0 Å². The van der Waals surface area contributed by atoms with Gasteiger partial charge in [0.05, 0.1) is 10.7 Å². The highest BCUT2D eigenvalue weighted by atomic mass is 79.9. The van der Waals surface area contributed by atoms with Crippen molar-refractivity contribution in [2.24, 2.45) is 5.10 Å². The van der Waals surface area contributed by atoms with Gasteiger partial charge in [-0.25, -0.2) is 5.43 Å². The summed E-state index contributed by atoms with van der Waals surface area (Å²) in [7, 11) is 0. The number of anilines is 1. The number of benzene rings is 3. The maximum atomic E-state index is 13.0. The highest BCUT2D eigenvalue weighted by Crippen LogP contribution is 2.40. The molecule has 0 bridgehead atoms. The Hall–Kier alpha value is -3.63. The van der Waals surface area contributed by atoms with Crippen molar-refractivity contribution in [2.45, 2.75) is 13.8 Å². The average molecular weight is 630 g/mol. The lowest BCUT2D eigenvalue weighted by Gasteiger charge is -2.21. The van der Waals surface area contributed by atoms with E-state index in [1.165, 1.54) is 12.3 Å². The van der Waals surface area contributed by atoms with E-state index in [1.54, 1.807) is 36.4 Å². The number of carbonyl (C=O) groups is 2. The number of phenolic OH excluding ortho intramolecular Hbond substituents is 2. The van der Waals surface area contributed by atoms with Crippen LogP contribution in [0, 0.1) is 0 Å². The van der Waals surface area contributed by atoms with Crippen LogP contribution in [0.4, 0.5) is 5.69 Å². The lowest BCUT2D eigenvalue weighted by atomic mass is 10.1. The number of hydrogen-bond acceptors (Lipinski definition) is 6. The summed E-state index contributed by atoms with van der Waals surface area (Å²) >= 11 is 6.28. The zero-order valence-electron chi connectivity index (χ0n) is 20.2. The van der Waals surface area contributed by atoms with Crippen molar-refractivity contribution in [1.82, 2.24) is 10.7 Å². The summed E-state index contributed by atoms with van der Waals surface area (Å²) in [6.07, 6.45) is 2.78. The first-order valence-corrected chi connectivity index (χ1v) is 13.0. The summed E-state index contributed by atoms with van der Waals surface area (Å²) < 4.78 is 0.410. The van der Waals surface area contributed by atoms with E-state index in [1.807, 2.05) is 24.3 Å². The predicted octanol–water partition coefficient (Wildman–Crippen LogP) is 5.39. The number of amides is 2. The van der Waals surface area contributed by atoms with Gasteiger partial charge in [0.1, 0.15) is 21.7 Å². The molecule has 0 aromatic heterocycles. The number of rotatable bonds is 9. The summed E-state index contributed by atoms with van der Waals surface area (Å²) in [5.41, 5.74) is 4.75. The molecule has 0 heterocycles. The second kappa shape index (κ2) is 13.1. The number of nitrogens with zero attached hydrogens (tertiary/aromatic N) is 2. The Kier molecular flexibility index (Phi) is 9.87. The van der Waals surface area contributed by atoms with E-state index in [9.17, 15) is 19.8 Å². The minimum atomic E-state index is -0.662. The third-order valence-corrected chi connectivity index (χ3v) is 6.78. The number of hydrogen-bond donors (Lipinski definition) is 4. The Morgan fingerprint density at radius 3 is 2.24 bits per heavy atom. The molecule has 2 amide bonds. The first-order chi connectivity index (χ1) is 17.7. The molecule has 8 nitrogen and oxygen atoms in total. The lowest BCUT2D eigenvalue weighted by molar-refractivity contribution is -0.117. The maximum absolute atomic E-state index is 13.0. The van der Waals surface area contributed by atoms with Crippen molar-refractivity contribution in [1.29, 1.82) is 0 Å². The molecule has 0 saturated heterocycles. The van der Waals surface area contributed by atoms with Crippen LogP contribution >= 0.6 is 31.9 Å². The molecule has 0 aliphatic rings. The van der Waals surface area contributed by atoms with Gasteiger partial charge in [0.25, 0.3) is 11.8 Å². The van der Waals surface area contributed by atoms with Gasteiger partial charge in [-0.05, 0) is 87.7 Å². The van der Waals surface area contributed by atoms with Crippen LogP contribution in [0.15, 0.2) is 80.4 Å². The van der Waals surface area contributed by atoms with Gasteiger partial charge in [-0.2, -0.15) is 5.10 Å². The first kappa shape index (κ1) is 27.9. The van der Waals surface area contributed by atoms with Crippen LogP contribution in [0.1, 0.15) is 35.3 Å². The van der Waals surface area contributed by atoms with Crippen LogP contribution in [0.3, 0.4) is 0 Å². The number of carbonyl (C=O) groups excluding carboxylic acids is 2. The predicted molar refractivity (Wildman–Crippen MR) is 153 cm³/mol. The summed E-state index contributed by atoms with van der Waals surface area (Å²) in [6, 6.07) is 17.6. The summed E-state index contributed by atoms with van der Waals surface area (Å²) in [4.78, 5) is 28.0. The van der Waals surface area contributed by atoms with Crippen LogP contribution in [-0.4, -0.2) is 41.3 Å². The number of nitrogens with one attached hydrogen (secondary N) is 2. The molecule has 0 saturated carbocycles. The molecule has 10 heteroatoms. The van der Waals surface area contributed by atoms with E-state index < -0.39 is 11.8 Å². The molecule has 0 aliphatic carbocycles. The molecular formula is C27H26Br2N4O4. The molecule has 0 spiro atoms. The molecule has 0 atom stereocenters. The Bertz CT molecular complexity index is 1320. The van der Waals surface area contributed by atoms with Crippen molar-refractivity contribution in [3.63, 3.8) is 0 Å². The molecule has 0 aliphatic heterocycles. The molecule has 0 radical (unpaired) electrons. The van der Waals surface area contributed by atoms with Crippen LogP contribution < -0.4 is 15.6 Å². The zero-order chi connectivity index (χ0) is 26.9. The topological polar surface area (TPSA) is 114 Å². The Labute approximate surface area is 232 Å². The molecule has 0 unspecified atom stereocenters.